The average molecular weight is 260 g/mol. The van der Waals surface area contributed by atoms with Crippen LogP contribution in [-0.4, -0.2) is 13.7 Å². The van der Waals surface area contributed by atoms with Crippen LogP contribution in [0, 0.1) is 16.7 Å². The molecule has 0 aliphatic rings. The van der Waals surface area contributed by atoms with Gasteiger partial charge in [-0.25, -0.2) is 0 Å². The van der Waals surface area contributed by atoms with Crippen LogP contribution < -0.4 is 10.1 Å². The zero-order valence-corrected chi connectivity index (χ0v) is 12.4. The third kappa shape index (κ3) is 5.32. The molecule has 1 N–H and O–H groups in total. The molecule has 0 radical (unpaired) electrons. The SMILES string of the molecule is COc1cccc([C@@H](C)NCCCC(C)(C)C#N)c1. The molecule has 0 amide bonds. The fraction of sp³-hybridized carbons (Fsp3) is 0.562. The van der Waals surface area contributed by atoms with Gasteiger partial charge in [-0.05, 0) is 57.9 Å². The Labute approximate surface area is 116 Å². The van der Waals surface area contributed by atoms with Crippen molar-refractivity contribution in [2.45, 2.75) is 39.7 Å². The molecule has 0 saturated heterocycles. The summed E-state index contributed by atoms with van der Waals surface area (Å²) in [6.45, 7) is 7.03. The maximum atomic E-state index is 8.95. The minimum atomic E-state index is -0.221. The first-order valence-electron chi connectivity index (χ1n) is 6.77. The Hall–Kier alpha value is -1.53. The molecule has 0 heterocycles. The molecule has 19 heavy (non-hydrogen) atoms. The summed E-state index contributed by atoms with van der Waals surface area (Å²) in [5, 5.41) is 12.4. The summed E-state index contributed by atoms with van der Waals surface area (Å²) in [7, 11) is 1.68. The lowest BCUT2D eigenvalue weighted by Gasteiger charge is -2.18. The van der Waals surface area contributed by atoms with Crippen molar-refractivity contribution in [1.82, 2.24) is 5.32 Å². The van der Waals surface area contributed by atoms with Gasteiger partial charge in [-0.3, -0.25) is 0 Å². The number of nitrogens with zero attached hydrogens (tertiary/aromatic N) is 1. The molecular weight excluding hydrogens is 236 g/mol. The Morgan fingerprint density at radius 1 is 1.42 bits per heavy atom. The number of ether oxygens (including phenoxy) is 1. The Morgan fingerprint density at radius 3 is 2.79 bits per heavy atom. The third-order valence-corrected chi connectivity index (χ3v) is 3.33. The van der Waals surface area contributed by atoms with Crippen LogP contribution in [-0.2, 0) is 0 Å². The van der Waals surface area contributed by atoms with Crippen molar-refractivity contribution in [3.8, 4) is 11.8 Å². The summed E-state index contributed by atoms with van der Waals surface area (Å²) in [6, 6.07) is 10.7. The molecule has 3 nitrogen and oxygen atoms in total. The smallest absolute Gasteiger partial charge is 0.119 e. The van der Waals surface area contributed by atoms with Crippen LogP contribution in [0.2, 0.25) is 0 Å². The van der Waals surface area contributed by atoms with Crippen LogP contribution in [0.1, 0.15) is 45.2 Å². The highest BCUT2D eigenvalue weighted by Crippen LogP contribution is 2.21. The molecule has 0 aliphatic heterocycles. The first-order chi connectivity index (χ1) is 8.98. The predicted octanol–water partition coefficient (Wildman–Crippen LogP) is 3.68. The van der Waals surface area contributed by atoms with E-state index in [2.05, 4.69) is 30.4 Å². The van der Waals surface area contributed by atoms with Crippen molar-refractivity contribution in [2.75, 3.05) is 13.7 Å². The summed E-state index contributed by atoms with van der Waals surface area (Å²) in [5.74, 6) is 0.886. The van der Waals surface area contributed by atoms with Crippen LogP contribution in [0.4, 0.5) is 0 Å². The number of hydrogen-bond donors (Lipinski definition) is 1. The lowest BCUT2D eigenvalue weighted by molar-refractivity contribution is 0.410. The van der Waals surface area contributed by atoms with Crippen molar-refractivity contribution in [3.05, 3.63) is 29.8 Å². The van der Waals surface area contributed by atoms with E-state index in [-0.39, 0.29) is 5.41 Å². The minimum absolute atomic E-state index is 0.221. The van der Waals surface area contributed by atoms with Crippen LogP contribution in [0.15, 0.2) is 24.3 Å². The van der Waals surface area contributed by atoms with Crippen LogP contribution >= 0.6 is 0 Å². The van der Waals surface area contributed by atoms with Crippen LogP contribution in [0.25, 0.3) is 0 Å². The molecule has 104 valence electrons. The second-order valence-corrected chi connectivity index (χ2v) is 5.55. The highest BCUT2D eigenvalue weighted by molar-refractivity contribution is 5.30. The van der Waals surface area contributed by atoms with E-state index in [0.29, 0.717) is 6.04 Å². The van der Waals surface area contributed by atoms with Crippen molar-refractivity contribution in [2.24, 2.45) is 5.41 Å². The van der Waals surface area contributed by atoms with Gasteiger partial charge in [0.1, 0.15) is 5.75 Å². The lowest BCUT2D eigenvalue weighted by Crippen LogP contribution is -2.21. The third-order valence-electron chi connectivity index (χ3n) is 3.33. The van der Waals surface area contributed by atoms with Crippen molar-refractivity contribution in [3.63, 3.8) is 0 Å². The summed E-state index contributed by atoms with van der Waals surface area (Å²) >= 11 is 0. The van der Waals surface area contributed by atoms with E-state index in [4.69, 9.17) is 10.00 Å². The molecule has 1 atom stereocenters. The van der Waals surface area contributed by atoms with Gasteiger partial charge in [-0.1, -0.05) is 12.1 Å². The van der Waals surface area contributed by atoms with Gasteiger partial charge in [-0.2, -0.15) is 5.26 Å². The van der Waals surface area contributed by atoms with E-state index in [9.17, 15) is 0 Å². The fourth-order valence-corrected chi connectivity index (χ4v) is 1.93. The molecule has 0 fully saturated rings. The van der Waals surface area contributed by atoms with Gasteiger partial charge in [-0.15, -0.1) is 0 Å². The molecule has 1 aromatic carbocycles. The molecule has 1 aromatic rings. The van der Waals surface area contributed by atoms with Crippen LogP contribution in [0.3, 0.4) is 0 Å². The number of nitrogens with one attached hydrogen (secondary N) is 1. The highest BCUT2D eigenvalue weighted by Gasteiger charge is 2.15. The molecule has 1 rings (SSSR count). The average Bonchev–Trinajstić information content (AvgIpc) is 2.43. The number of nitriles is 1. The molecule has 0 spiro atoms. The van der Waals surface area contributed by atoms with E-state index in [1.54, 1.807) is 7.11 Å². The Kier molecular flexibility index (Phi) is 5.85. The first kappa shape index (κ1) is 15.5. The van der Waals surface area contributed by atoms with Crippen molar-refractivity contribution < 1.29 is 4.74 Å². The van der Waals surface area contributed by atoms with Gasteiger partial charge in [0.25, 0.3) is 0 Å². The normalized spacial score (nSPS) is 12.8. The van der Waals surface area contributed by atoms with E-state index in [0.717, 1.165) is 25.1 Å². The number of methoxy groups -OCH3 is 1. The van der Waals surface area contributed by atoms with Gasteiger partial charge in [0.05, 0.1) is 18.6 Å². The zero-order chi connectivity index (χ0) is 14.3. The Balaban J connectivity index is 2.39. The number of rotatable bonds is 7. The molecule has 0 unspecified atom stereocenters. The fourth-order valence-electron chi connectivity index (χ4n) is 1.93. The molecular formula is C16H24N2O. The van der Waals surface area contributed by atoms with E-state index >= 15 is 0 Å². The quantitative estimate of drug-likeness (QED) is 0.761. The minimum Gasteiger partial charge on any atom is -0.497 e. The van der Waals surface area contributed by atoms with Gasteiger partial charge >= 0.3 is 0 Å². The molecule has 0 aliphatic carbocycles. The molecule has 0 bridgehead atoms. The molecule has 3 heteroatoms. The molecule has 0 aromatic heterocycles. The van der Waals surface area contributed by atoms with E-state index in [1.807, 2.05) is 26.0 Å². The molecule has 0 saturated carbocycles. The first-order valence-corrected chi connectivity index (χ1v) is 6.77. The van der Waals surface area contributed by atoms with Gasteiger partial charge in [0.15, 0.2) is 0 Å². The lowest BCUT2D eigenvalue weighted by atomic mass is 9.90. The predicted molar refractivity (Wildman–Crippen MR) is 78.0 cm³/mol. The van der Waals surface area contributed by atoms with Crippen LogP contribution in [0.5, 0.6) is 5.75 Å². The van der Waals surface area contributed by atoms with Crippen molar-refractivity contribution >= 4 is 0 Å². The standard InChI is InChI=1S/C16H24N2O/c1-13(14-7-5-8-15(11-14)19-4)18-10-6-9-16(2,3)12-17/h5,7-8,11,13,18H,6,9-10H2,1-4H3/t13-/m1/s1. The maximum absolute atomic E-state index is 8.95. The number of hydrogen-bond acceptors (Lipinski definition) is 3. The monoisotopic (exact) mass is 260 g/mol. The summed E-state index contributed by atoms with van der Waals surface area (Å²) in [6.07, 6.45) is 1.93. The van der Waals surface area contributed by atoms with E-state index < -0.39 is 0 Å². The zero-order valence-electron chi connectivity index (χ0n) is 12.4. The Bertz CT molecular complexity index is 435. The second-order valence-electron chi connectivity index (χ2n) is 5.55. The largest absolute Gasteiger partial charge is 0.497 e. The van der Waals surface area contributed by atoms with E-state index in [1.165, 1.54) is 5.56 Å². The van der Waals surface area contributed by atoms with Crippen molar-refractivity contribution in [1.29, 1.82) is 5.26 Å². The summed E-state index contributed by atoms with van der Waals surface area (Å²) < 4.78 is 5.23. The summed E-state index contributed by atoms with van der Waals surface area (Å²) in [4.78, 5) is 0. The maximum Gasteiger partial charge on any atom is 0.119 e. The second kappa shape index (κ2) is 7.16. The van der Waals surface area contributed by atoms with Gasteiger partial charge in [0, 0.05) is 6.04 Å². The topological polar surface area (TPSA) is 45.0 Å². The number of benzene rings is 1. The van der Waals surface area contributed by atoms with Gasteiger partial charge < -0.3 is 10.1 Å². The van der Waals surface area contributed by atoms with Gasteiger partial charge in [0.2, 0.25) is 0 Å². The Morgan fingerprint density at radius 2 is 2.16 bits per heavy atom. The summed E-state index contributed by atoms with van der Waals surface area (Å²) in [5.41, 5.74) is 1.000. The highest BCUT2D eigenvalue weighted by atomic mass is 16.5.